The number of benzene rings is 2. The zero-order valence-corrected chi connectivity index (χ0v) is 11.4. The Labute approximate surface area is 122 Å². The largest absolute Gasteiger partial charge is 0.444 e. The first-order chi connectivity index (χ1) is 10.2. The van der Waals surface area contributed by atoms with Crippen LogP contribution in [0.25, 0.3) is 0 Å². The van der Waals surface area contributed by atoms with Gasteiger partial charge in [-0.1, -0.05) is 42.5 Å². The van der Waals surface area contributed by atoms with Gasteiger partial charge in [0.05, 0.1) is 11.4 Å². The standard InChI is InChI=1S/C16H16N2O3/c17-13-8-4-5-9-14(13)18-11-21-16(20)10-15(19)12-6-2-1-3-7-12/h1-9,18H,10-11,17H2. The van der Waals surface area contributed by atoms with Crippen LogP contribution in [0.1, 0.15) is 16.8 Å². The van der Waals surface area contributed by atoms with Gasteiger partial charge in [0.1, 0.15) is 6.42 Å². The zero-order chi connectivity index (χ0) is 15.1. The van der Waals surface area contributed by atoms with Crippen LogP contribution in [0.5, 0.6) is 0 Å². The SMILES string of the molecule is Nc1ccccc1NCOC(=O)CC(=O)c1ccccc1. The molecule has 0 aliphatic carbocycles. The molecule has 0 aromatic heterocycles. The molecular weight excluding hydrogens is 268 g/mol. The van der Waals surface area contributed by atoms with Gasteiger partial charge in [-0.3, -0.25) is 9.59 Å². The molecule has 0 heterocycles. The second kappa shape index (κ2) is 7.09. The highest BCUT2D eigenvalue weighted by atomic mass is 16.5. The van der Waals surface area contributed by atoms with Crippen LogP contribution in [0.15, 0.2) is 54.6 Å². The summed E-state index contributed by atoms with van der Waals surface area (Å²) in [6.45, 7) is -0.0326. The third-order valence-corrected chi connectivity index (χ3v) is 2.86. The van der Waals surface area contributed by atoms with Crippen LogP contribution < -0.4 is 11.1 Å². The number of Topliss-reactive ketones (excluding diaryl/α,β-unsaturated/α-hetero) is 1. The molecule has 0 aliphatic rings. The monoisotopic (exact) mass is 284 g/mol. The van der Waals surface area contributed by atoms with Crippen molar-refractivity contribution in [3.8, 4) is 0 Å². The molecule has 0 fully saturated rings. The number of hydrogen-bond donors (Lipinski definition) is 2. The van der Waals surface area contributed by atoms with Crippen molar-refractivity contribution in [2.45, 2.75) is 6.42 Å². The molecule has 0 bridgehead atoms. The maximum atomic E-state index is 11.8. The molecule has 0 saturated heterocycles. The second-order valence-corrected chi connectivity index (χ2v) is 4.39. The molecule has 2 aromatic carbocycles. The lowest BCUT2D eigenvalue weighted by molar-refractivity contribution is -0.141. The Hall–Kier alpha value is -2.82. The van der Waals surface area contributed by atoms with Gasteiger partial charge in [0.2, 0.25) is 0 Å². The molecule has 2 rings (SSSR count). The summed E-state index contributed by atoms with van der Waals surface area (Å²) in [6.07, 6.45) is -0.282. The Balaban J connectivity index is 1.78. The van der Waals surface area contributed by atoms with E-state index in [0.29, 0.717) is 16.9 Å². The van der Waals surface area contributed by atoms with Crippen molar-refractivity contribution in [2.75, 3.05) is 17.8 Å². The zero-order valence-electron chi connectivity index (χ0n) is 11.4. The molecule has 0 spiro atoms. The Morgan fingerprint density at radius 3 is 2.38 bits per heavy atom. The number of carbonyl (C=O) groups is 2. The van der Waals surface area contributed by atoms with Gasteiger partial charge in [-0.05, 0) is 12.1 Å². The lowest BCUT2D eigenvalue weighted by Gasteiger charge is -2.09. The van der Waals surface area contributed by atoms with Crippen LogP contribution in [0.4, 0.5) is 11.4 Å². The summed E-state index contributed by atoms with van der Waals surface area (Å²) in [6, 6.07) is 15.8. The number of ketones is 1. The second-order valence-electron chi connectivity index (χ2n) is 4.39. The molecule has 0 saturated carbocycles. The number of nitrogens with two attached hydrogens (primary N) is 1. The molecule has 5 heteroatoms. The number of para-hydroxylation sites is 2. The number of ether oxygens (including phenoxy) is 1. The number of rotatable bonds is 6. The predicted octanol–water partition coefficient (Wildman–Crippen LogP) is 2.45. The topological polar surface area (TPSA) is 81.4 Å². The van der Waals surface area contributed by atoms with E-state index in [1.165, 1.54) is 0 Å². The van der Waals surface area contributed by atoms with E-state index in [-0.39, 0.29) is 18.9 Å². The van der Waals surface area contributed by atoms with E-state index in [9.17, 15) is 9.59 Å². The van der Waals surface area contributed by atoms with Gasteiger partial charge in [0.15, 0.2) is 12.5 Å². The van der Waals surface area contributed by atoms with E-state index < -0.39 is 5.97 Å². The third-order valence-electron chi connectivity index (χ3n) is 2.86. The number of hydrogen-bond acceptors (Lipinski definition) is 5. The number of esters is 1. The number of carbonyl (C=O) groups excluding carboxylic acids is 2. The van der Waals surface area contributed by atoms with Gasteiger partial charge < -0.3 is 15.8 Å². The van der Waals surface area contributed by atoms with Crippen LogP contribution >= 0.6 is 0 Å². The average Bonchev–Trinajstić information content (AvgIpc) is 2.50. The Bertz CT molecular complexity index is 626. The molecule has 0 radical (unpaired) electrons. The smallest absolute Gasteiger partial charge is 0.315 e. The molecule has 5 nitrogen and oxygen atoms in total. The van der Waals surface area contributed by atoms with Gasteiger partial charge in [-0.2, -0.15) is 0 Å². The minimum atomic E-state index is -0.578. The number of nitrogens with one attached hydrogen (secondary N) is 1. The third kappa shape index (κ3) is 4.35. The van der Waals surface area contributed by atoms with Crippen LogP contribution in [0.2, 0.25) is 0 Å². The molecule has 2 aromatic rings. The predicted molar refractivity (Wildman–Crippen MR) is 80.8 cm³/mol. The number of anilines is 2. The Morgan fingerprint density at radius 1 is 1.00 bits per heavy atom. The fourth-order valence-corrected chi connectivity index (χ4v) is 1.76. The van der Waals surface area contributed by atoms with Crippen LogP contribution in [0.3, 0.4) is 0 Å². The molecule has 0 amide bonds. The first kappa shape index (κ1) is 14.6. The molecule has 0 aliphatic heterocycles. The van der Waals surface area contributed by atoms with Gasteiger partial charge in [-0.15, -0.1) is 0 Å². The van der Waals surface area contributed by atoms with Crippen LogP contribution in [-0.2, 0) is 9.53 Å². The first-order valence-electron chi connectivity index (χ1n) is 6.49. The number of nitrogen functional groups attached to an aromatic ring is 1. The summed E-state index contributed by atoms with van der Waals surface area (Å²) in [5, 5.41) is 2.88. The van der Waals surface area contributed by atoms with Crippen molar-refractivity contribution in [1.82, 2.24) is 0 Å². The maximum absolute atomic E-state index is 11.8. The molecule has 0 atom stereocenters. The van der Waals surface area contributed by atoms with Gasteiger partial charge in [-0.25, -0.2) is 0 Å². The lowest BCUT2D eigenvalue weighted by Crippen LogP contribution is -2.16. The van der Waals surface area contributed by atoms with Crippen LogP contribution in [0, 0.1) is 0 Å². The maximum Gasteiger partial charge on any atom is 0.315 e. The quantitative estimate of drug-likeness (QED) is 0.280. The van der Waals surface area contributed by atoms with E-state index in [2.05, 4.69) is 5.32 Å². The van der Waals surface area contributed by atoms with Crippen molar-refractivity contribution < 1.29 is 14.3 Å². The van der Waals surface area contributed by atoms with Crippen molar-refractivity contribution in [1.29, 1.82) is 0 Å². The van der Waals surface area contributed by atoms with Gasteiger partial charge in [0.25, 0.3) is 0 Å². The summed E-state index contributed by atoms with van der Waals surface area (Å²) < 4.78 is 4.97. The molecule has 21 heavy (non-hydrogen) atoms. The van der Waals surface area contributed by atoms with E-state index in [4.69, 9.17) is 10.5 Å². The normalized spacial score (nSPS) is 9.90. The summed E-state index contributed by atoms with van der Waals surface area (Å²) >= 11 is 0. The van der Waals surface area contributed by atoms with E-state index in [0.717, 1.165) is 0 Å². The minimum Gasteiger partial charge on any atom is -0.444 e. The molecule has 0 unspecified atom stereocenters. The highest BCUT2D eigenvalue weighted by Crippen LogP contribution is 2.16. The van der Waals surface area contributed by atoms with E-state index in [1.807, 2.05) is 18.2 Å². The van der Waals surface area contributed by atoms with Crippen molar-refractivity contribution in [3.05, 3.63) is 60.2 Å². The summed E-state index contributed by atoms with van der Waals surface area (Å²) in [7, 11) is 0. The molecular formula is C16H16N2O3. The average molecular weight is 284 g/mol. The van der Waals surface area contributed by atoms with E-state index in [1.54, 1.807) is 36.4 Å². The van der Waals surface area contributed by atoms with E-state index >= 15 is 0 Å². The van der Waals surface area contributed by atoms with Gasteiger partial charge >= 0.3 is 5.97 Å². The first-order valence-corrected chi connectivity index (χ1v) is 6.49. The van der Waals surface area contributed by atoms with Crippen molar-refractivity contribution in [3.63, 3.8) is 0 Å². The fourth-order valence-electron chi connectivity index (χ4n) is 1.76. The fraction of sp³-hybridized carbons (Fsp3) is 0.125. The highest BCUT2D eigenvalue weighted by Gasteiger charge is 2.12. The summed E-state index contributed by atoms with van der Waals surface area (Å²) in [5.41, 5.74) is 7.48. The Morgan fingerprint density at radius 2 is 1.67 bits per heavy atom. The summed E-state index contributed by atoms with van der Waals surface area (Å²) in [5.74, 6) is -0.842. The molecule has 3 N–H and O–H groups in total. The lowest BCUT2D eigenvalue weighted by atomic mass is 10.1. The van der Waals surface area contributed by atoms with Crippen LogP contribution in [-0.4, -0.2) is 18.5 Å². The van der Waals surface area contributed by atoms with Crippen molar-refractivity contribution >= 4 is 23.1 Å². The molecule has 108 valence electrons. The Kier molecular flexibility index (Phi) is 4.93. The minimum absolute atomic E-state index is 0.0326. The van der Waals surface area contributed by atoms with Crippen molar-refractivity contribution in [2.24, 2.45) is 0 Å². The highest BCUT2D eigenvalue weighted by molar-refractivity contribution is 6.05. The summed E-state index contributed by atoms with van der Waals surface area (Å²) in [4.78, 5) is 23.4. The van der Waals surface area contributed by atoms with Gasteiger partial charge in [0, 0.05) is 5.56 Å².